The van der Waals surface area contributed by atoms with Gasteiger partial charge in [0, 0.05) is 44.4 Å². The summed E-state index contributed by atoms with van der Waals surface area (Å²) in [5.74, 6) is 0.214. The van der Waals surface area contributed by atoms with E-state index in [0.29, 0.717) is 37.2 Å². The molecule has 0 fully saturated rings. The van der Waals surface area contributed by atoms with Crippen molar-refractivity contribution in [2.45, 2.75) is 6.17 Å². The van der Waals surface area contributed by atoms with E-state index in [1.54, 1.807) is 29.1 Å². The number of aryl methyl sites for hydroxylation is 1. The summed E-state index contributed by atoms with van der Waals surface area (Å²) >= 11 is 42.9. The highest BCUT2D eigenvalue weighted by Crippen LogP contribution is 2.49. The highest BCUT2D eigenvalue weighted by Gasteiger charge is 2.38. The highest BCUT2D eigenvalue weighted by molar-refractivity contribution is 9.10. The van der Waals surface area contributed by atoms with Crippen molar-refractivity contribution in [1.82, 2.24) is 34.8 Å². The fourth-order valence-electron chi connectivity index (χ4n) is 4.67. The predicted molar refractivity (Wildman–Crippen MR) is 169 cm³/mol. The van der Waals surface area contributed by atoms with Gasteiger partial charge in [-0.1, -0.05) is 74.8 Å². The lowest BCUT2D eigenvalue weighted by Gasteiger charge is -2.34. The topological polar surface area (TPSA) is 89.0 Å². The fraction of sp³-hybridized carbons (Fsp3) is 0.115. The van der Waals surface area contributed by atoms with Gasteiger partial charge < -0.3 is 14.3 Å². The molecule has 1 unspecified atom stereocenters. The van der Waals surface area contributed by atoms with Crippen LogP contribution < -0.4 is 4.90 Å². The summed E-state index contributed by atoms with van der Waals surface area (Å²) in [4.78, 5) is 17.0. The van der Waals surface area contributed by atoms with Crippen molar-refractivity contribution in [2.75, 3.05) is 11.9 Å². The molecule has 1 aliphatic rings. The zero-order valence-electron chi connectivity index (χ0n) is 21.3. The summed E-state index contributed by atoms with van der Waals surface area (Å²) in [6.45, 7) is 0. The third-order valence-corrected chi connectivity index (χ3v) is 9.11. The zero-order valence-corrected chi connectivity index (χ0v) is 27.4. The highest BCUT2D eigenvalue weighted by atomic mass is 79.9. The number of hydrogen-bond donors (Lipinski definition) is 0. The number of aromatic nitrogens is 6. The molecule has 9 nitrogen and oxygen atoms in total. The van der Waals surface area contributed by atoms with Gasteiger partial charge in [-0.25, -0.2) is 9.97 Å². The molecule has 5 aromatic rings. The Hall–Kier alpha value is -2.57. The molecule has 0 N–H and O–H groups in total. The van der Waals surface area contributed by atoms with E-state index >= 15 is 0 Å². The molecule has 5 aromatic heterocycles. The molecule has 6 heterocycles. The SMILES string of the molecule is CN1C=C(c2ccnn2C)N(c2cc(Cl)cnc2Cl)C1c1cc(Cl)nc(-c2onc(-c3nccc(Cl)c3Cl)c2Br)c1Cl. The van der Waals surface area contributed by atoms with Gasteiger partial charge >= 0.3 is 0 Å². The van der Waals surface area contributed by atoms with Gasteiger partial charge in [-0.2, -0.15) is 5.10 Å². The molecule has 6 rings (SSSR count). The minimum atomic E-state index is -0.565. The standard InChI is InChI=1S/C26H15BrCl6N8O/c1-39-10-16(14-4-6-36-40(14)2)41(15-7-11(28)9-35-25(15)33)26(39)12-8-17(30)37-23(19(12)31)24-18(27)21(38-42-24)22-20(32)13(29)3-5-34-22/h3-10,26H,1-2H3. The molecule has 214 valence electrons. The van der Waals surface area contributed by atoms with Crippen LogP contribution in [-0.2, 0) is 7.05 Å². The fourth-order valence-corrected chi connectivity index (χ4v) is 6.36. The van der Waals surface area contributed by atoms with E-state index in [2.05, 4.69) is 41.1 Å². The number of rotatable bonds is 5. The van der Waals surface area contributed by atoms with Gasteiger partial charge in [0.25, 0.3) is 0 Å². The van der Waals surface area contributed by atoms with Crippen LogP contribution in [0.3, 0.4) is 0 Å². The monoisotopic (exact) mass is 744 g/mol. The molecule has 0 aliphatic carbocycles. The second-order valence-electron chi connectivity index (χ2n) is 9.05. The maximum absolute atomic E-state index is 7.11. The first kappa shape index (κ1) is 29.5. The average molecular weight is 748 g/mol. The number of nitrogens with zero attached hydrogens (tertiary/aromatic N) is 8. The van der Waals surface area contributed by atoms with Gasteiger partial charge in [-0.15, -0.1) is 0 Å². The second-order valence-corrected chi connectivity index (χ2v) is 12.2. The zero-order chi connectivity index (χ0) is 29.9. The Morgan fingerprint density at radius 3 is 2.43 bits per heavy atom. The quantitative estimate of drug-likeness (QED) is 0.165. The van der Waals surface area contributed by atoms with Crippen LogP contribution in [-0.4, -0.2) is 41.8 Å². The van der Waals surface area contributed by atoms with E-state index in [1.807, 2.05) is 36.2 Å². The summed E-state index contributed by atoms with van der Waals surface area (Å²) in [5.41, 5.74) is 3.58. The molecule has 1 aliphatic heterocycles. The van der Waals surface area contributed by atoms with Crippen LogP contribution in [0.2, 0.25) is 30.4 Å². The third kappa shape index (κ3) is 5.02. The molecule has 16 heteroatoms. The van der Waals surface area contributed by atoms with Crippen molar-refractivity contribution in [3.63, 3.8) is 0 Å². The van der Waals surface area contributed by atoms with E-state index in [9.17, 15) is 0 Å². The van der Waals surface area contributed by atoms with Crippen molar-refractivity contribution < 1.29 is 4.52 Å². The number of hydrogen-bond acceptors (Lipinski definition) is 8. The smallest absolute Gasteiger partial charge is 0.201 e. The van der Waals surface area contributed by atoms with Crippen LogP contribution >= 0.6 is 85.5 Å². The largest absolute Gasteiger partial charge is 0.354 e. The minimum absolute atomic E-state index is 0.158. The van der Waals surface area contributed by atoms with Gasteiger partial charge in [0.1, 0.15) is 28.4 Å². The first-order valence-electron chi connectivity index (χ1n) is 11.9. The van der Waals surface area contributed by atoms with Gasteiger partial charge in [0.15, 0.2) is 5.15 Å². The molecule has 0 bridgehead atoms. The molecule has 0 spiro atoms. The molecule has 0 amide bonds. The lowest BCUT2D eigenvalue weighted by Crippen LogP contribution is -2.31. The molecule has 0 saturated carbocycles. The Balaban J connectivity index is 1.52. The Morgan fingerprint density at radius 1 is 0.905 bits per heavy atom. The molecule has 0 radical (unpaired) electrons. The summed E-state index contributed by atoms with van der Waals surface area (Å²) < 4.78 is 7.87. The molecular weight excluding hydrogens is 733 g/mol. The molecule has 0 saturated heterocycles. The molecular formula is C26H15BrCl6N8O. The number of halogens is 7. The van der Waals surface area contributed by atoms with E-state index < -0.39 is 6.17 Å². The van der Waals surface area contributed by atoms with Crippen LogP contribution in [0.15, 0.2) is 58.1 Å². The lowest BCUT2D eigenvalue weighted by molar-refractivity contribution is 0.368. The normalized spacial score (nSPS) is 15.1. The van der Waals surface area contributed by atoms with Crippen LogP contribution in [0, 0.1) is 0 Å². The van der Waals surface area contributed by atoms with Crippen LogP contribution in [0.1, 0.15) is 17.4 Å². The first-order chi connectivity index (χ1) is 20.1. The van der Waals surface area contributed by atoms with E-state index in [1.165, 1.54) is 12.4 Å². The summed E-state index contributed by atoms with van der Waals surface area (Å²) in [6, 6.07) is 6.86. The lowest BCUT2D eigenvalue weighted by atomic mass is 10.1. The Labute approximate surface area is 277 Å². The summed E-state index contributed by atoms with van der Waals surface area (Å²) in [7, 11) is 3.74. The maximum atomic E-state index is 7.11. The van der Waals surface area contributed by atoms with E-state index in [-0.39, 0.29) is 31.8 Å². The van der Waals surface area contributed by atoms with Gasteiger partial charge in [0.2, 0.25) is 5.76 Å². The Morgan fingerprint density at radius 2 is 1.69 bits per heavy atom. The van der Waals surface area contributed by atoms with Crippen molar-refractivity contribution >= 4 is 96.9 Å². The van der Waals surface area contributed by atoms with Gasteiger partial charge in [-0.05, 0) is 40.2 Å². The van der Waals surface area contributed by atoms with Crippen LogP contribution in [0.5, 0.6) is 0 Å². The summed E-state index contributed by atoms with van der Waals surface area (Å²) in [5, 5.41) is 10.1. The second kappa shape index (κ2) is 11.5. The first-order valence-corrected chi connectivity index (χ1v) is 15.0. The number of pyridine rings is 3. The van der Waals surface area contributed by atoms with Crippen molar-refractivity contribution in [3.05, 3.63) is 95.2 Å². The van der Waals surface area contributed by atoms with Crippen LogP contribution in [0.25, 0.3) is 28.5 Å². The third-order valence-electron chi connectivity index (χ3n) is 6.50. The van der Waals surface area contributed by atoms with Crippen molar-refractivity contribution in [2.24, 2.45) is 7.05 Å². The molecule has 0 aromatic carbocycles. The van der Waals surface area contributed by atoms with Crippen molar-refractivity contribution in [1.29, 1.82) is 0 Å². The molecule has 1 atom stereocenters. The van der Waals surface area contributed by atoms with Gasteiger partial charge in [0.05, 0.1) is 41.6 Å². The van der Waals surface area contributed by atoms with Gasteiger partial charge in [-0.3, -0.25) is 9.67 Å². The average Bonchev–Trinajstić information content (AvgIpc) is 3.64. The predicted octanol–water partition coefficient (Wildman–Crippen LogP) is 9.06. The summed E-state index contributed by atoms with van der Waals surface area (Å²) in [6.07, 6.45) is 6.07. The Kier molecular flexibility index (Phi) is 8.08. The maximum Gasteiger partial charge on any atom is 0.201 e. The minimum Gasteiger partial charge on any atom is -0.354 e. The van der Waals surface area contributed by atoms with Crippen LogP contribution in [0.4, 0.5) is 5.69 Å². The van der Waals surface area contributed by atoms with E-state index in [4.69, 9.17) is 74.1 Å². The molecule has 42 heavy (non-hydrogen) atoms. The number of anilines is 1. The van der Waals surface area contributed by atoms with E-state index in [0.717, 1.165) is 11.4 Å². The Bertz CT molecular complexity index is 1890. The van der Waals surface area contributed by atoms with Crippen molar-refractivity contribution in [3.8, 4) is 22.8 Å².